The predicted octanol–water partition coefficient (Wildman–Crippen LogP) is 3.45. The van der Waals surface area contributed by atoms with Crippen molar-refractivity contribution in [3.8, 4) is 0 Å². The van der Waals surface area contributed by atoms with Gasteiger partial charge in [0.15, 0.2) is 0 Å². The number of carbonyl (C=O) groups is 1. The Balaban J connectivity index is 1.69. The molecule has 7 heteroatoms. The number of nitrogens with one attached hydrogen (secondary N) is 3. The molecule has 0 saturated carbocycles. The van der Waals surface area contributed by atoms with Gasteiger partial charge in [0.05, 0.1) is 11.9 Å². The van der Waals surface area contributed by atoms with E-state index in [1.54, 1.807) is 11.3 Å². The van der Waals surface area contributed by atoms with E-state index < -0.39 is 0 Å². The summed E-state index contributed by atoms with van der Waals surface area (Å²) >= 11 is 1.67. The third-order valence-corrected chi connectivity index (χ3v) is 6.21. The summed E-state index contributed by atoms with van der Waals surface area (Å²) in [4.78, 5) is 23.9. The fourth-order valence-corrected chi connectivity index (χ4v) is 5.43. The van der Waals surface area contributed by atoms with Crippen LogP contribution in [0.5, 0.6) is 0 Å². The smallest absolute Gasteiger partial charge is 0.239 e. The molecular formula is C20H31N5OS. The molecule has 2 aromatic heterocycles. The number of aryl methyl sites for hydroxylation is 3. The third-order valence-electron chi connectivity index (χ3n) is 5.11. The number of hydrogen-bond acceptors (Lipinski definition) is 6. The molecule has 0 radical (unpaired) electrons. The molecule has 6 nitrogen and oxygen atoms in total. The van der Waals surface area contributed by atoms with Crippen LogP contribution in [-0.2, 0) is 4.79 Å². The van der Waals surface area contributed by atoms with Crippen molar-refractivity contribution in [1.82, 2.24) is 20.6 Å². The molecule has 27 heavy (non-hydrogen) atoms. The van der Waals surface area contributed by atoms with Crippen molar-refractivity contribution >= 4 is 33.3 Å². The molecule has 0 bridgehead atoms. The molecule has 1 saturated heterocycles. The van der Waals surface area contributed by atoms with Crippen LogP contribution >= 0.6 is 11.3 Å². The van der Waals surface area contributed by atoms with Crippen LogP contribution in [0.15, 0.2) is 0 Å². The maximum atomic E-state index is 12.6. The van der Waals surface area contributed by atoms with Gasteiger partial charge < -0.3 is 16.0 Å². The molecule has 0 atom stereocenters. The summed E-state index contributed by atoms with van der Waals surface area (Å²) in [5, 5.41) is 11.1. The summed E-state index contributed by atoms with van der Waals surface area (Å²) in [5.41, 5.74) is 1.20. The van der Waals surface area contributed by atoms with Crippen LogP contribution in [0, 0.1) is 20.8 Å². The van der Waals surface area contributed by atoms with Gasteiger partial charge in [0.2, 0.25) is 5.91 Å². The highest BCUT2D eigenvalue weighted by Gasteiger charge is 2.38. The molecule has 3 heterocycles. The molecule has 0 spiro atoms. The topological polar surface area (TPSA) is 78.9 Å². The lowest BCUT2D eigenvalue weighted by Crippen LogP contribution is -2.62. The highest BCUT2D eigenvalue weighted by Crippen LogP contribution is 2.33. The second-order valence-corrected chi connectivity index (χ2v) is 10.2. The Morgan fingerprint density at radius 1 is 1.15 bits per heavy atom. The fourth-order valence-electron chi connectivity index (χ4n) is 4.35. The summed E-state index contributed by atoms with van der Waals surface area (Å²) < 4.78 is 0. The van der Waals surface area contributed by atoms with Crippen molar-refractivity contribution in [1.29, 1.82) is 0 Å². The highest BCUT2D eigenvalue weighted by atomic mass is 32.1. The Morgan fingerprint density at radius 2 is 1.78 bits per heavy atom. The lowest BCUT2D eigenvalue weighted by molar-refractivity contribution is -0.120. The number of aromatic nitrogens is 2. The monoisotopic (exact) mass is 389 g/mol. The van der Waals surface area contributed by atoms with E-state index in [0.717, 1.165) is 28.9 Å². The standard InChI is InChI=1S/C20H31N5OS/c1-11-12(2)27-18-16(11)17(22-13(3)23-18)21-10-15(26)24-14-8-19(4,5)25-20(6,7)9-14/h14,25H,8-10H2,1-7H3,(H,24,26)(H,21,22,23). The maximum Gasteiger partial charge on any atom is 0.239 e. The second kappa shape index (κ2) is 7.02. The summed E-state index contributed by atoms with van der Waals surface area (Å²) in [6.07, 6.45) is 1.84. The third kappa shape index (κ3) is 4.58. The largest absolute Gasteiger partial charge is 0.360 e. The van der Waals surface area contributed by atoms with Crippen molar-refractivity contribution in [2.75, 3.05) is 11.9 Å². The lowest BCUT2D eigenvalue weighted by Gasteiger charge is -2.46. The molecule has 1 aliphatic heterocycles. The first kappa shape index (κ1) is 20.0. The second-order valence-electron chi connectivity index (χ2n) is 9.00. The van der Waals surface area contributed by atoms with E-state index in [1.807, 2.05) is 6.92 Å². The quantitative estimate of drug-likeness (QED) is 0.746. The van der Waals surface area contributed by atoms with Gasteiger partial charge in [-0.25, -0.2) is 9.97 Å². The van der Waals surface area contributed by atoms with E-state index in [4.69, 9.17) is 0 Å². The van der Waals surface area contributed by atoms with Crippen LogP contribution in [0.1, 0.15) is 56.8 Å². The number of piperidine rings is 1. The zero-order chi connectivity index (χ0) is 20.0. The first-order chi connectivity index (χ1) is 12.5. The highest BCUT2D eigenvalue weighted by molar-refractivity contribution is 7.18. The Labute approximate surface area is 165 Å². The summed E-state index contributed by atoms with van der Waals surface area (Å²) in [6.45, 7) is 15.0. The Bertz CT molecular complexity index is 855. The van der Waals surface area contributed by atoms with Crippen LogP contribution in [0.3, 0.4) is 0 Å². The number of hydrogen-bond donors (Lipinski definition) is 3. The Hall–Kier alpha value is -1.73. The van der Waals surface area contributed by atoms with Gasteiger partial charge in [-0.2, -0.15) is 0 Å². The normalized spacial score (nSPS) is 19.2. The first-order valence-corrected chi connectivity index (χ1v) is 10.3. The van der Waals surface area contributed by atoms with Gasteiger partial charge in [-0.05, 0) is 66.9 Å². The molecule has 0 unspecified atom stereocenters. The van der Waals surface area contributed by atoms with Crippen molar-refractivity contribution in [3.05, 3.63) is 16.3 Å². The fraction of sp³-hybridized carbons (Fsp3) is 0.650. The van der Waals surface area contributed by atoms with Crippen LogP contribution < -0.4 is 16.0 Å². The van der Waals surface area contributed by atoms with Gasteiger partial charge in [-0.15, -0.1) is 11.3 Å². The lowest BCUT2D eigenvalue weighted by atomic mass is 9.79. The van der Waals surface area contributed by atoms with Gasteiger partial charge in [0, 0.05) is 22.0 Å². The number of anilines is 1. The van der Waals surface area contributed by atoms with Crippen molar-refractivity contribution in [3.63, 3.8) is 0 Å². The SMILES string of the molecule is Cc1nc(NCC(=O)NC2CC(C)(C)NC(C)(C)C2)c2c(C)c(C)sc2n1. The minimum atomic E-state index is 0.00233. The van der Waals surface area contributed by atoms with E-state index in [0.29, 0.717) is 5.82 Å². The van der Waals surface area contributed by atoms with E-state index in [1.165, 1.54) is 10.4 Å². The molecule has 0 aliphatic carbocycles. The van der Waals surface area contributed by atoms with Gasteiger partial charge in [-0.1, -0.05) is 0 Å². The van der Waals surface area contributed by atoms with E-state index in [-0.39, 0.29) is 29.6 Å². The van der Waals surface area contributed by atoms with Crippen LogP contribution in [-0.4, -0.2) is 39.5 Å². The molecule has 1 aliphatic rings. The average Bonchev–Trinajstić information content (AvgIpc) is 2.76. The number of nitrogens with zero attached hydrogens (tertiary/aromatic N) is 2. The Morgan fingerprint density at radius 3 is 2.41 bits per heavy atom. The number of rotatable bonds is 4. The molecule has 148 valence electrons. The molecular weight excluding hydrogens is 358 g/mol. The Kier molecular flexibility index (Phi) is 5.20. The summed E-state index contributed by atoms with van der Waals surface area (Å²) in [5.74, 6) is 1.47. The van der Waals surface area contributed by atoms with Gasteiger partial charge in [-0.3, -0.25) is 4.79 Å². The zero-order valence-electron chi connectivity index (χ0n) is 17.4. The van der Waals surface area contributed by atoms with Gasteiger partial charge in [0.1, 0.15) is 16.5 Å². The van der Waals surface area contributed by atoms with Crippen LogP contribution in [0.4, 0.5) is 5.82 Å². The zero-order valence-corrected chi connectivity index (χ0v) is 18.2. The number of carbonyl (C=O) groups excluding carboxylic acids is 1. The van der Waals surface area contributed by atoms with Crippen LogP contribution in [0.2, 0.25) is 0 Å². The van der Waals surface area contributed by atoms with E-state index >= 15 is 0 Å². The number of fused-ring (bicyclic) bond motifs is 1. The summed E-state index contributed by atoms with van der Waals surface area (Å²) in [6, 6.07) is 0.169. The maximum absolute atomic E-state index is 12.6. The van der Waals surface area contributed by atoms with Gasteiger partial charge in [0.25, 0.3) is 0 Å². The molecule has 1 fully saturated rings. The van der Waals surface area contributed by atoms with E-state index in [9.17, 15) is 4.79 Å². The minimum absolute atomic E-state index is 0.00233. The molecule has 3 N–H and O–H groups in total. The summed E-state index contributed by atoms with van der Waals surface area (Å²) in [7, 11) is 0. The molecule has 3 rings (SSSR count). The predicted molar refractivity (Wildman–Crippen MR) is 113 cm³/mol. The van der Waals surface area contributed by atoms with E-state index in [2.05, 4.69) is 67.5 Å². The molecule has 0 aromatic carbocycles. The molecule has 1 amide bonds. The van der Waals surface area contributed by atoms with Crippen molar-refractivity contribution < 1.29 is 4.79 Å². The minimum Gasteiger partial charge on any atom is -0.360 e. The van der Waals surface area contributed by atoms with Gasteiger partial charge >= 0.3 is 0 Å². The number of thiophene rings is 1. The van der Waals surface area contributed by atoms with Crippen LogP contribution in [0.25, 0.3) is 10.2 Å². The van der Waals surface area contributed by atoms with Crippen molar-refractivity contribution in [2.45, 2.75) is 78.4 Å². The number of amides is 1. The molecule has 2 aromatic rings. The van der Waals surface area contributed by atoms with Crippen molar-refractivity contribution in [2.24, 2.45) is 0 Å². The average molecular weight is 390 g/mol. The first-order valence-electron chi connectivity index (χ1n) is 9.53.